The van der Waals surface area contributed by atoms with E-state index in [1.807, 2.05) is 12.1 Å². The Bertz CT molecular complexity index is 933. The fraction of sp³-hybridized carbons (Fsp3) is 0.680. The topological polar surface area (TPSA) is 53.4 Å². The van der Waals surface area contributed by atoms with Crippen molar-refractivity contribution in [1.29, 1.82) is 0 Å². The lowest BCUT2D eigenvalue weighted by atomic mass is 9.83. The second-order valence-electron chi connectivity index (χ2n) is 10.3. The molecular formula is C25H37N5O. The molecule has 2 atom stereocenters. The molecule has 1 amide bonds. The van der Waals surface area contributed by atoms with Crippen LogP contribution in [0, 0.1) is 11.8 Å². The van der Waals surface area contributed by atoms with Gasteiger partial charge < -0.3 is 14.8 Å². The highest BCUT2D eigenvalue weighted by molar-refractivity contribution is 5.93. The van der Waals surface area contributed by atoms with Crippen molar-refractivity contribution in [3.63, 3.8) is 0 Å². The third-order valence-electron chi connectivity index (χ3n) is 7.43. The van der Waals surface area contributed by atoms with Crippen LogP contribution in [-0.4, -0.2) is 57.5 Å². The van der Waals surface area contributed by atoms with E-state index in [4.69, 9.17) is 4.98 Å². The van der Waals surface area contributed by atoms with Crippen molar-refractivity contribution in [2.24, 2.45) is 11.8 Å². The monoisotopic (exact) mass is 423 g/mol. The molecule has 0 spiro atoms. The van der Waals surface area contributed by atoms with Gasteiger partial charge in [0.25, 0.3) is 0 Å². The summed E-state index contributed by atoms with van der Waals surface area (Å²) in [5, 5.41) is 3.03. The number of piperidine rings is 2. The summed E-state index contributed by atoms with van der Waals surface area (Å²) >= 11 is 0. The molecule has 2 fully saturated rings. The van der Waals surface area contributed by atoms with E-state index in [1.54, 1.807) is 0 Å². The molecule has 0 bridgehead atoms. The fourth-order valence-electron chi connectivity index (χ4n) is 6.01. The normalized spacial score (nSPS) is 24.9. The molecule has 168 valence electrons. The standard InChI is InChI=1S/C25H37N5O/c1-18(2)14-25(31)26-20-8-9-23-21(15-20)27-24-17-28(12-13-30(23)24)16-19-6-5-11-29-10-4-3-7-22(19)29/h8-9,15,18-19,22H,3-7,10-14,16-17H2,1-2H3,(H,26,31)/t19-,22-/m0/s1. The minimum absolute atomic E-state index is 0.0775. The molecule has 0 unspecified atom stereocenters. The van der Waals surface area contributed by atoms with Gasteiger partial charge in [-0.3, -0.25) is 9.69 Å². The van der Waals surface area contributed by atoms with E-state index in [0.29, 0.717) is 12.3 Å². The fourth-order valence-corrected chi connectivity index (χ4v) is 6.01. The Hall–Kier alpha value is -1.92. The van der Waals surface area contributed by atoms with Crippen LogP contribution in [0.15, 0.2) is 18.2 Å². The number of nitrogens with zero attached hydrogens (tertiary/aromatic N) is 4. The van der Waals surface area contributed by atoms with Crippen LogP contribution in [-0.2, 0) is 17.9 Å². The first-order chi connectivity index (χ1) is 15.1. The molecule has 4 heterocycles. The highest BCUT2D eigenvalue weighted by atomic mass is 16.1. The van der Waals surface area contributed by atoms with Gasteiger partial charge >= 0.3 is 0 Å². The molecule has 0 radical (unpaired) electrons. The SMILES string of the molecule is CC(C)CC(=O)Nc1ccc2c(c1)nc1n2CCN(C[C@@H]2CCCN3CCCC[C@@H]23)C1. The van der Waals surface area contributed by atoms with Crippen LogP contribution in [0.2, 0.25) is 0 Å². The molecule has 0 aliphatic carbocycles. The highest BCUT2D eigenvalue weighted by Crippen LogP contribution is 2.32. The molecule has 3 aliphatic rings. The molecule has 1 aromatic heterocycles. The Morgan fingerprint density at radius 2 is 2.00 bits per heavy atom. The zero-order valence-corrected chi connectivity index (χ0v) is 19.1. The Labute approximate surface area is 186 Å². The maximum atomic E-state index is 12.1. The van der Waals surface area contributed by atoms with E-state index >= 15 is 0 Å². The Kier molecular flexibility index (Phi) is 6.02. The smallest absolute Gasteiger partial charge is 0.224 e. The molecule has 0 saturated carbocycles. The summed E-state index contributed by atoms with van der Waals surface area (Å²) in [6, 6.07) is 6.97. The Balaban J connectivity index is 1.27. The lowest BCUT2D eigenvalue weighted by molar-refractivity contribution is -0.116. The van der Waals surface area contributed by atoms with Gasteiger partial charge in [0.1, 0.15) is 5.82 Å². The van der Waals surface area contributed by atoms with E-state index in [0.717, 1.165) is 42.8 Å². The molecule has 6 nitrogen and oxygen atoms in total. The van der Waals surface area contributed by atoms with Crippen molar-refractivity contribution in [2.75, 3.05) is 31.5 Å². The quantitative estimate of drug-likeness (QED) is 0.787. The number of nitrogens with one attached hydrogen (secondary N) is 1. The van der Waals surface area contributed by atoms with Crippen LogP contribution in [0.25, 0.3) is 11.0 Å². The summed E-state index contributed by atoms with van der Waals surface area (Å²) in [5.41, 5.74) is 3.04. The van der Waals surface area contributed by atoms with Gasteiger partial charge in [0.05, 0.1) is 17.6 Å². The van der Waals surface area contributed by atoms with Crippen LogP contribution >= 0.6 is 0 Å². The summed E-state index contributed by atoms with van der Waals surface area (Å²) in [6.45, 7) is 11.0. The molecule has 3 aliphatic heterocycles. The molecule has 1 aromatic carbocycles. The van der Waals surface area contributed by atoms with Crippen LogP contribution in [0.3, 0.4) is 0 Å². The van der Waals surface area contributed by atoms with Gasteiger partial charge in [-0.15, -0.1) is 0 Å². The van der Waals surface area contributed by atoms with Gasteiger partial charge in [0.2, 0.25) is 5.91 Å². The molecule has 5 rings (SSSR count). The third-order valence-corrected chi connectivity index (χ3v) is 7.43. The number of rotatable bonds is 5. The van der Waals surface area contributed by atoms with Crippen LogP contribution in [0.4, 0.5) is 5.69 Å². The number of aromatic nitrogens is 2. The minimum Gasteiger partial charge on any atom is -0.326 e. The van der Waals surface area contributed by atoms with Gasteiger partial charge in [-0.1, -0.05) is 20.3 Å². The number of carbonyl (C=O) groups is 1. The van der Waals surface area contributed by atoms with Crippen molar-refractivity contribution >= 4 is 22.6 Å². The van der Waals surface area contributed by atoms with Crippen LogP contribution in [0.1, 0.15) is 58.2 Å². The zero-order valence-electron chi connectivity index (χ0n) is 19.1. The van der Waals surface area contributed by atoms with Crippen molar-refractivity contribution in [2.45, 2.75) is 71.5 Å². The zero-order chi connectivity index (χ0) is 21.4. The number of benzene rings is 1. The van der Waals surface area contributed by atoms with E-state index in [1.165, 1.54) is 63.1 Å². The predicted octanol–water partition coefficient (Wildman–Crippen LogP) is 4.10. The number of carbonyl (C=O) groups excluding carboxylic acids is 1. The third kappa shape index (κ3) is 4.51. The van der Waals surface area contributed by atoms with Crippen molar-refractivity contribution in [3.8, 4) is 0 Å². The first kappa shape index (κ1) is 21.0. The summed E-state index contributed by atoms with van der Waals surface area (Å²) < 4.78 is 2.37. The molecule has 31 heavy (non-hydrogen) atoms. The van der Waals surface area contributed by atoms with Gasteiger partial charge in [0.15, 0.2) is 0 Å². The second kappa shape index (κ2) is 8.91. The Morgan fingerprint density at radius 3 is 2.87 bits per heavy atom. The average Bonchev–Trinajstić information content (AvgIpc) is 3.10. The minimum atomic E-state index is 0.0775. The van der Waals surface area contributed by atoms with Crippen molar-refractivity contribution in [1.82, 2.24) is 19.4 Å². The first-order valence-electron chi connectivity index (χ1n) is 12.3. The summed E-state index contributed by atoms with van der Waals surface area (Å²) in [5.74, 6) is 2.42. The number of hydrogen-bond acceptors (Lipinski definition) is 4. The summed E-state index contributed by atoms with van der Waals surface area (Å²) in [7, 11) is 0. The van der Waals surface area contributed by atoms with Gasteiger partial charge in [-0.25, -0.2) is 4.98 Å². The number of amides is 1. The molecule has 2 saturated heterocycles. The van der Waals surface area contributed by atoms with Gasteiger partial charge in [0, 0.05) is 37.8 Å². The lowest BCUT2D eigenvalue weighted by Crippen LogP contribution is -2.51. The maximum Gasteiger partial charge on any atom is 0.224 e. The maximum absolute atomic E-state index is 12.1. The predicted molar refractivity (Wildman–Crippen MR) is 125 cm³/mol. The van der Waals surface area contributed by atoms with E-state index in [2.05, 4.69) is 39.6 Å². The van der Waals surface area contributed by atoms with Crippen LogP contribution < -0.4 is 5.32 Å². The van der Waals surface area contributed by atoms with E-state index < -0.39 is 0 Å². The number of fused-ring (bicyclic) bond motifs is 4. The lowest BCUT2D eigenvalue weighted by Gasteiger charge is -2.46. The number of hydrogen-bond donors (Lipinski definition) is 1. The number of anilines is 1. The molecule has 6 heteroatoms. The van der Waals surface area contributed by atoms with Gasteiger partial charge in [-0.05, 0) is 68.8 Å². The summed E-state index contributed by atoms with van der Waals surface area (Å²) in [4.78, 5) is 22.5. The average molecular weight is 424 g/mol. The van der Waals surface area contributed by atoms with Crippen LogP contribution in [0.5, 0.6) is 0 Å². The second-order valence-corrected chi connectivity index (χ2v) is 10.3. The first-order valence-corrected chi connectivity index (χ1v) is 12.3. The van der Waals surface area contributed by atoms with E-state index in [9.17, 15) is 4.79 Å². The highest BCUT2D eigenvalue weighted by Gasteiger charge is 2.34. The van der Waals surface area contributed by atoms with Gasteiger partial charge in [-0.2, -0.15) is 0 Å². The molecule has 2 aromatic rings. The number of imidazole rings is 1. The van der Waals surface area contributed by atoms with Crippen molar-refractivity contribution in [3.05, 3.63) is 24.0 Å². The molecule has 1 N–H and O–H groups in total. The molecular weight excluding hydrogens is 386 g/mol. The Morgan fingerprint density at radius 1 is 1.13 bits per heavy atom. The van der Waals surface area contributed by atoms with E-state index in [-0.39, 0.29) is 5.91 Å². The summed E-state index contributed by atoms with van der Waals surface area (Å²) in [6.07, 6.45) is 7.47. The largest absolute Gasteiger partial charge is 0.326 e. The van der Waals surface area contributed by atoms with Crippen molar-refractivity contribution < 1.29 is 4.79 Å².